The van der Waals surface area contributed by atoms with E-state index in [1.54, 1.807) is 52.1 Å². The highest BCUT2D eigenvalue weighted by Gasteiger charge is 2.22. The van der Waals surface area contributed by atoms with Crippen molar-refractivity contribution in [1.29, 1.82) is 0 Å². The molecule has 33 heavy (non-hydrogen) atoms. The fourth-order valence-corrected chi connectivity index (χ4v) is 3.18. The highest BCUT2D eigenvalue weighted by Crippen LogP contribution is 2.16. The van der Waals surface area contributed by atoms with Crippen molar-refractivity contribution in [3.8, 4) is 5.75 Å². The molecule has 9 heteroatoms. The number of benzene rings is 2. The zero-order chi connectivity index (χ0) is 24.4. The molecule has 0 saturated heterocycles. The molecule has 2 atom stereocenters. The Bertz CT molecular complexity index is 928. The number of hydrogen-bond acceptors (Lipinski definition) is 6. The minimum Gasteiger partial charge on any atom is -0.497 e. The van der Waals surface area contributed by atoms with Crippen LogP contribution in [0.4, 0.5) is 15.3 Å². The second-order valence-electron chi connectivity index (χ2n) is 8.64. The van der Waals surface area contributed by atoms with Crippen molar-refractivity contribution in [3.63, 3.8) is 0 Å². The van der Waals surface area contributed by atoms with Crippen molar-refractivity contribution >= 4 is 17.9 Å². The average Bonchev–Trinajstić information content (AvgIpc) is 2.72. The lowest BCUT2D eigenvalue weighted by Crippen LogP contribution is -2.48. The summed E-state index contributed by atoms with van der Waals surface area (Å²) in [5.74, 6) is 0.736. The van der Waals surface area contributed by atoms with Gasteiger partial charge in [0.25, 0.3) is 0 Å². The zero-order valence-corrected chi connectivity index (χ0v) is 19.4. The van der Waals surface area contributed by atoms with E-state index < -0.39 is 29.9 Å². The summed E-state index contributed by atoms with van der Waals surface area (Å²) in [6.07, 6.45) is -2.55. The molecule has 2 aromatic rings. The fraction of sp³-hybridized carbons (Fsp3) is 0.417. The molecule has 0 aliphatic rings. The Morgan fingerprint density at radius 3 is 2.42 bits per heavy atom. The van der Waals surface area contributed by atoms with Crippen LogP contribution in [-0.4, -0.2) is 53.8 Å². The maximum absolute atomic E-state index is 12.0. The van der Waals surface area contributed by atoms with Crippen LogP contribution >= 0.6 is 0 Å². The first-order valence-corrected chi connectivity index (χ1v) is 10.7. The van der Waals surface area contributed by atoms with Gasteiger partial charge in [0.1, 0.15) is 11.4 Å². The number of carbonyl (C=O) groups is 2. The van der Waals surface area contributed by atoms with E-state index in [9.17, 15) is 19.8 Å². The number of rotatable bonds is 10. The van der Waals surface area contributed by atoms with E-state index >= 15 is 0 Å². The molecule has 5 N–H and O–H groups in total. The first kappa shape index (κ1) is 26.0. The van der Waals surface area contributed by atoms with E-state index in [0.717, 1.165) is 16.9 Å². The van der Waals surface area contributed by atoms with Crippen LogP contribution in [0.1, 0.15) is 31.9 Å². The normalized spacial score (nSPS) is 13.0. The lowest BCUT2D eigenvalue weighted by Gasteiger charge is -2.24. The molecular weight excluding hydrogens is 426 g/mol. The molecular formula is C24H33N3O6. The Morgan fingerprint density at radius 2 is 1.76 bits per heavy atom. The number of ether oxygens (including phenoxy) is 2. The monoisotopic (exact) mass is 459 g/mol. The Hall–Kier alpha value is -3.30. The van der Waals surface area contributed by atoms with Crippen LogP contribution in [0.5, 0.6) is 5.75 Å². The predicted octanol–water partition coefficient (Wildman–Crippen LogP) is 3.37. The minimum absolute atomic E-state index is 0.179. The lowest BCUT2D eigenvalue weighted by atomic mass is 10.0. The number of methoxy groups -OCH3 is 1. The van der Waals surface area contributed by atoms with Gasteiger partial charge in [-0.15, -0.1) is 0 Å². The van der Waals surface area contributed by atoms with E-state index in [0.29, 0.717) is 12.2 Å². The van der Waals surface area contributed by atoms with Crippen molar-refractivity contribution in [2.45, 2.75) is 51.5 Å². The second kappa shape index (κ2) is 12.1. The summed E-state index contributed by atoms with van der Waals surface area (Å²) >= 11 is 0. The Kier molecular flexibility index (Phi) is 9.50. The number of nitrogens with one attached hydrogen (secondary N) is 3. The molecule has 9 nitrogen and oxygen atoms in total. The number of hydrogen-bond donors (Lipinski definition) is 5. The number of aliphatic hydroxyl groups is 1. The molecule has 180 valence electrons. The predicted molar refractivity (Wildman–Crippen MR) is 126 cm³/mol. The molecule has 0 saturated carbocycles. The molecule has 0 spiro atoms. The summed E-state index contributed by atoms with van der Waals surface area (Å²) in [5.41, 5.74) is 1.61. The summed E-state index contributed by atoms with van der Waals surface area (Å²) in [7, 11) is 1.59. The first-order valence-electron chi connectivity index (χ1n) is 10.7. The highest BCUT2D eigenvalue weighted by molar-refractivity contribution is 5.84. The van der Waals surface area contributed by atoms with Gasteiger partial charge in [0.2, 0.25) is 0 Å². The molecule has 0 aromatic heterocycles. The summed E-state index contributed by atoms with van der Waals surface area (Å²) < 4.78 is 10.5. The van der Waals surface area contributed by atoms with Crippen LogP contribution in [0.2, 0.25) is 0 Å². The van der Waals surface area contributed by atoms with Gasteiger partial charge in [0.05, 0.1) is 19.3 Å². The van der Waals surface area contributed by atoms with E-state index in [4.69, 9.17) is 9.47 Å². The van der Waals surface area contributed by atoms with Crippen molar-refractivity contribution in [1.82, 2.24) is 10.6 Å². The molecule has 2 rings (SSSR count). The van der Waals surface area contributed by atoms with Gasteiger partial charge in [-0.2, -0.15) is 0 Å². The second-order valence-corrected chi connectivity index (χ2v) is 8.64. The Morgan fingerprint density at radius 1 is 1.06 bits per heavy atom. The van der Waals surface area contributed by atoms with Crippen molar-refractivity contribution in [2.24, 2.45) is 0 Å². The van der Waals surface area contributed by atoms with Crippen molar-refractivity contribution in [2.75, 3.05) is 19.0 Å². The number of aliphatic hydroxyl groups excluding tert-OH is 1. The van der Waals surface area contributed by atoms with Gasteiger partial charge in [-0.25, -0.2) is 9.59 Å². The maximum atomic E-state index is 12.0. The molecule has 0 heterocycles. The molecule has 2 aromatic carbocycles. The van der Waals surface area contributed by atoms with E-state index in [1.165, 1.54) is 0 Å². The third kappa shape index (κ3) is 9.80. The Balaban J connectivity index is 1.98. The highest BCUT2D eigenvalue weighted by atomic mass is 16.6. The molecule has 0 aliphatic carbocycles. The number of carboxylic acid groups (broad SMARTS) is 1. The largest absolute Gasteiger partial charge is 0.497 e. The molecule has 0 unspecified atom stereocenters. The molecule has 2 amide bonds. The molecule has 0 bridgehead atoms. The standard InChI is InChI=1S/C24H33N3O6/c1-24(2,3)33-23(31)26-18-9-5-7-16(11-18)13-20(27-22(29)30)21(28)15-25-14-17-8-6-10-19(12-17)32-4/h5-12,20-21,25,27-28H,13-15H2,1-4H3,(H,26,31)(H,29,30)/t20-,21+/m0/s1. The minimum atomic E-state index is -1.23. The van der Waals surface area contributed by atoms with Crippen LogP contribution in [-0.2, 0) is 17.7 Å². The van der Waals surface area contributed by atoms with E-state index in [1.807, 2.05) is 24.3 Å². The van der Waals surface area contributed by atoms with Crippen LogP contribution in [0.3, 0.4) is 0 Å². The topological polar surface area (TPSA) is 129 Å². The van der Waals surface area contributed by atoms with Crippen LogP contribution < -0.4 is 20.7 Å². The smallest absolute Gasteiger partial charge is 0.412 e. The quantitative estimate of drug-likeness (QED) is 0.368. The van der Waals surface area contributed by atoms with E-state index in [2.05, 4.69) is 16.0 Å². The van der Waals surface area contributed by atoms with Gasteiger partial charge >= 0.3 is 12.2 Å². The number of anilines is 1. The third-order valence-corrected chi connectivity index (χ3v) is 4.62. The van der Waals surface area contributed by atoms with Gasteiger partial charge in [0.15, 0.2) is 0 Å². The summed E-state index contributed by atoms with van der Waals surface area (Å²) in [4.78, 5) is 23.3. The third-order valence-electron chi connectivity index (χ3n) is 4.62. The lowest BCUT2D eigenvalue weighted by molar-refractivity contribution is 0.0636. The number of amides is 2. The maximum Gasteiger partial charge on any atom is 0.412 e. The molecule has 0 radical (unpaired) electrons. The SMILES string of the molecule is COc1cccc(CNC[C@@H](O)[C@H](Cc2cccc(NC(=O)OC(C)(C)C)c2)NC(=O)O)c1. The molecule has 0 fully saturated rings. The summed E-state index contributed by atoms with van der Waals surface area (Å²) in [6.45, 7) is 5.99. The first-order chi connectivity index (χ1) is 15.6. The number of carbonyl (C=O) groups excluding carboxylic acids is 1. The molecule has 0 aliphatic heterocycles. The van der Waals surface area contributed by atoms with Crippen molar-refractivity contribution in [3.05, 3.63) is 59.7 Å². The van der Waals surface area contributed by atoms with Gasteiger partial charge in [-0.3, -0.25) is 5.32 Å². The zero-order valence-electron chi connectivity index (χ0n) is 19.4. The van der Waals surface area contributed by atoms with Gasteiger partial charge in [-0.05, 0) is 62.6 Å². The van der Waals surface area contributed by atoms with Crippen LogP contribution in [0, 0.1) is 0 Å². The summed E-state index contributed by atoms with van der Waals surface area (Å²) in [5, 5.41) is 28.0. The Labute approximate surface area is 194 Å². The summed E-state index contributed by atoms with van der Waals surface area (Å²) in [6, 6.07) is 13.7. The fourth-order valence-electron chi connectivity index (χ4n) is 3.18. The van der Waals surface area contributed by atoms with Gasteiger partial charge < -0.3 is 30.3 Å². The van der Waals surface area contributed by atoms with Crippen LogP contribution in [0.25, 0.3) is 0 Å². The van der Waals surface area contributed by atoms with Crippen molar-refractivity contribution < 1.29 is 29.3 Å². The van der Waals surface area contributed by atoms with E-state index in [-0.39, 0.29) is 13.0 Å². The average molecular weight is 460 g/mol. The van der Waals surface area contributed by atoms with Gasteiger partial charge in [-0.1, -0.05) is 24.3 Å². The van der Waals surface area contributed by atoms with Gasteiger partial charge in [0, 0.05) is 18.8 Å². The van der Waals surface area contributed by atoms with Crippen LogP contribution in [0.15, 0.2) is 48.5 Å².